The largest absolute Gasteiger partial charge is 0.471 e. The number of nitrogens with one attached hydrogen (secondary N) is 1. The van der Waals surface area contributed by atoms with E-state index in [1.54, 1.807) is 0 Å². The van der Waals surface area contributed by atoms with E-state index in [0.717, 1.165) is 17.1 Å². The van der Waals surface area contributed by atoms with E-state index < -0.39 is 0 Å². The van der Waals surface area contributed by atoms with Crippen LogP contribution in [0.2, 0.25) is 0 Å². The monoisotopic (exact) mass is 285 g/mol. The molecule has 2 aromatic carbocycles. The second kappa shape index (κ2) is 7.35. The molecule has 0 aromatic heterocycles. The van der Waals surface area contributed by atoms with E-state index >= 15 is 0 Å². The molecule has 0 spiro atoms. The van der Waals surface area contributed by atoms with Crippen molar-refractivity contribution in [2.24, 2.45) is 10.2 Å². The highest BCUT2D eigenvalue weighted by Gasteiger charge is 1.97. The lowest BCUT2D eigenvalue weighted by Crippen LogP contribution is -2.12. The standard InChI is InChI=1S/C15H15N3OS/c1-2-19-15(20)16-12-8-10-14(11-9-12)18-17-13-6-4-3-5-7-13/h3-11H,2H2,1H3,(H,16,20). The van der Waals surface area contributed by atoms with E-state index in [1.807, 2.05) is 61.5 Å². The van der Waals surface area contributed by atoms with Crippen molar-refractivity contribution in [1.82, 2.24) is 0 Å². The van der Waals surface area contributed by atoms with Gasteiger partial charge in [0.25, 0.3) is 5.17 Å². The SMILES string of the molecule is CCOC(=S)Nc1ccc(N=Nc2ccccc2)cc1. The van der Waals surface area contributed by atoms with Gasteiger partial charge in [0, 0.05) is 5.69 Å². The fourth-order valence-electron chi connectivity index (χ4n) is 1.51. The molecular formula is C15H15N3OS. The highest BCUT2D eigenvalue weighted by atomic mass is 32.1. The molecule has 0 aliphatic rings. The van der Waals surface area contributed by atoms with Gasteiger partial charge in [-0.3, -0.25) is 0 Å². The zero-order valence-electron chi connectivity index (χ0n) is 11.1. The molecule has 102 valence electrons. The van der Waals surface area contributed by atoms with Gasteiger partial charge < -0.3 is 10.1 Å². The van der Waals surface area contributed by atoms with Crippen LogP contribution >= 0.6 is 12.2 Å². The molecular weight excluding hydrogens is 270 g/mol. The Morgan fingerprint density at radius 2 is 1.60 bits per heavy atom. The Balaban J connectivity index is 1.98. The summed E-state index contributed by atoms with van der Waals surface area (Å²) < 4.78 is 5.16. The molecule has 0 bridgehead atoms. The first-order valence-corrected chi connectivity index (χ1v) is 6.69. The number of hydrogen-bond donors (Lipinski definition) is 1. The first kappa shape index (κ1) is 14.1. The van der Waals surface area contributed by atoms with Gasteiger partial charge in [0.15, 0.2) is 0 Å². The molecule has 0 amide bonds. The fourth-order valence-corrected chi connectivity index (χ4v) is 1.74. The van der Waals surface area contributed by atoms with Crippen LogP contribution in [0.1, 0.15) is 6.92 Å². The Kier molecular flexibility index (Phi) is 5.20. The zero-order valence-corrected chi connectivity index (χ0v) is 11.9. The number of benzene rings is 2. The van der Waals surface area contributed by atoms with Crippen molar-refractivity contribution in [2.45, 2.75) is 6.92 Å². The minimum absolute atomic E-state index is 0.367. The van der Waals surface area contributed by atoms with E-state index in [2.05, 4.69) is 15.5 Å². The van der Waals surface area contributed by atoms with Gasteiger partial charge in [0.2, 0.25) is 0 Å². The van der Waals surface area contributed by atoms with Gasteiger partial charge >= 0.3 is 0 Å². The minimum Gasteiger partial charge on any atom is -0.471 e. The lowest BCUT2D eigenvalue weighted by molar-refractivity contribution is 0.335. The predicted molar refractivity (Wildman–Crippen MR) is 84.9 cm³/mol. The second-order valence-corrected chi connectivity index (χ2v) is 4.30. The molecule has 2 aromatic rings. The van der Waals surface area contributed by atoms with Crippen LogP contribution in [-0.2, 0) is 4.74 Å². The fraction of sp³-hybridized carbons (Fsp3) is 0.133. The van der Waals surface area contributed by atoms with Gasteiger partial charge in [0.05, 0.1) is 18.0 Å². The number of anilines is 1. The highest BCUT2D eigenvalue weighted by Crippen LogP contribution is 2.20. The Hall–Kier alpha value is -2.27. The molecule has 20 heavy (non-hydrogen) atoms. The van der Waals surface area contributed by atoms with Crippen LogP contribution in [0.4, 0.5) is 17.1 Å². The molecule has 0 aliphatic carbocycles. The first-order valence-electron chi connectivity index (χ1n) is 6.28. The lowest BCUT2D eigenvalue weighted by Gasteiger charge is -2.07. The van der Waals surface area contributed by atoms with E-state index in [-0.39, 0.29) is 0 Å². The lowest BCUT2D eigenvalue weighted by atomic mass is 10.3. The molecule has 0 saturated carbocycles. The van der Waals surface area contributed by atoms with Gasteiger partial charge in [0.1, 0.15) is 0 Å². The van der Waals surface area contributed by atoms with E-state index in [0.29, 0.717) is 11.8 Å². The maximum Gasteiger partial charge on any atom is 0.261 e. The average molecular weight is 285 g/mol. The zero-order chi connectivity index (χ0) is 14.2. The molecule has 0 saturated heterocycles. The Morgan fingerprint density at radius 1 is 1.00 bits per heavy atom. The number of rotatable bonds is 4. The number of nitrogens with zero attached hydrogens (tertiary/aromatic N) is 2. The van der Waals surface area contributed by atoms with Gasteiger partial charge in [-0.15, -0.1) is 0 Å². The van der Waals surface area contributed by atoms with Gasteiger partial charge in [-0.1, -0.05) is 18.2 Å². The molecule has 5 heteroatoms. The molecule has 0 atom stereocenters. The summed E-state index contributed by atoms with van der Waals surface area (Å²) >= 11 is 5.01. The number of thiocarbonyl (C=S) groups is 1. The van der Waals surface area contributed by atoms with Crippen LogP contribution in [0, 0.1) is 0 Å². The predicted octanol–water partition coefficient (Wildman–Crippen LogP) is 4.84. The third-order valence-corrected chi connectivity index (χ3v) is 2.65. The van der Waals surface area contributed by atoms with Crippen LogP contribution < -0.4 is 5.32 Å². The smallest absolute Gasteiger partial charge is 0.261 e. The quantitative estimate of drug-likeness (QED) is 0.646. The van der Waals surface area contributed by atoms with E-state index in [1.165, 1.54) is 0 Å². The Labute approximate surface area is 123 Å². The van der Waals surface area contributed by atoms with Gasteiger partial charge in [-0.25, -0.2) is 0 Å². The third-order valence-electron chi connectivity index (χ3n) is 2.43. The summed E-state index contributed by atoms with van der Waals surface area (Å²) in [6.07, 6.45) is 0. The normalized spacial score (nSPS) is 10.4. The van der Waals surface area contributed by atoms with Crippen molar-refractivity contribution < 1.29 is 4.74 Å². The van der Waals surface area contributed by atoms with Crippen molar-refractivity contribution in [3.63, 3.8) is 0 Å². The molecule has 0 aliphatic heterocycles. The molecule has 0 heterocycles. The van der Waals surface area contributed by atoms with Crippen LogP contribution in [0.5, 0.6) is 0 Å². The maximum absolute atomic E-state index is 5.16. The van der Waals surface area contributed by atoms with Crippen LogP contribution in [-0.4, -0.2) is 11.8 Å². The number of hydrogen-bond acceptors (Lipinski definition) is 4. The van der Waals surface area contributed by atoms with E-state index in [9.17, 15) is 0 Å². The molecule has 0 fully saturated rings. The first-order chi connectivity index (χ1) is 9.78. The van der Waals surface area contributed by atoms with Gasteiger partial charge in [-0.2, -0.15) is 10.2 Å². The Morgan fingerprint density at radius 3 is 2.20 bits per heavy atom. The van der Waals surface area contributed by atoms with Crippen molar-refractivity contribution in [3.8, 4) is 0 Å². The molecule has 1 N–H and O–H groups in total. The molecule has 4 nitrogen and oxygen atoms in total. The summed E-state index contributed by atoms with van der Waals surface area (Å²) in [4.78, 5) is 0. The molecule has 0 radical (unpaired) electrons. The minimum atomic E-state index is 0.367. The summed E-state index contributed by atoms with van der Waals surface area (Å²) in [6, 6.07) is 17.1. The van der Waals surface area contributed by atoms with E-state index in [4.69, 9.17) is 17.0 Å². The number of azo groups is 1. The summed E-state index contributed by atoms with van der Waals surface area (Å²) in [7, 11) is 0. The average Bonchev–Trinajstić information content (AvgIpc) is 2.48. The third kappa shape index (κ3) is 4.44. The van der Waals surface area contributed by atoms with Crippen LogP contribution in [0.3, 0.4) is 0 Å². The van der Waals surface area contributed by atoms with Gasteiger partial charge in [-0.05, 0) is 55.5 Å². The second-order valence-electron chi connectivity index (χ2n) is 3.93. The van der Waals surface area contributed by atoms with Crippen LogP contribution in [0.15, 0.2) is 64.8 Å². The summed E-state index contributed by atoms with van der Waals surface area (Å²) in [5, 5.41) is 11.7. The Bertz CT molecular complexity index is 582. The van der Waals surface area contributed by atoms with Crippen molar-refractivity contribution in [2.75, 3.05) is 11.9 Å². The summed E-state index contributed by atoms with van der Waals surface area (Å²) in [6.45, 7) is 2.44. The topological polar surface area (TPSA) is 46.0 Å². The molecule has 0 unspecified atom stereocenters. The highest BCUT2D eigenvalue weighted by molar-refractivity contribution is 7.80. The number of ether oxygens (including phenoxy) is 1. The van der Waals surface area contributed by atoms with Crippen LogP contribution in [0.25, 0.3) is 0 Å². The van der Waals surface area contributed by atoms with Crippen molar-refractivity contribution >= 4 is 34.5 Å². The summed E-state index contributed by atoms with van der Waals surface area (Å²) in [5.74, 6) is 0. The maximum atomic E-state index is 5.16. The molecule has 2 rings (SSSR count). The van der Waals surface area contributed by atoms with Crippen molar-refractivity contribution in [1.29, 1.82) is 0 Å². The van der Waals surface area contributed by atoms with Crippen molar-refractivity contribution in [3.05, 3.63) is 54.6 Å². The summed E-state index contributed by atoms with van der Waals surface area (Å²) in [5.41, 5.74) is 2.47.